The standard InChI is InChI=1S/C26H30N2O5S/c1-18(2)27-26(30)24-25(33-17-20-10-6-5-7-11-20)23(29)16-21(28(24)4)13-14-34(31,32)22-12-8-9-19(3)15-22/h5-12,15-16,18H,13-14,17H2,1-4H3,(H,27,30). The second kappa shape index (κ2) is 10.7. The molecule has 0 radical (unpaired) electrons. The molecular formula is C26H30N2O5S. The zero-order chi connectivity index (χ0) is 24.9. The van der Waals surface area contributed by atoms with Crippen molar-refractivity contribution in [2.24, 2.45) is 7.05 Å². The highest BCUT2D eigenvalue weighted by Crippen LogP contribution is 2.19. The molecule has 1 N–H and O–H groups in total. The number of aryl methyl sites for hydroxylation is 2. The van der Waals surface area contributed by atoms with Gasteiger partial charge in [0.2, 0.25) is 5.43 Å². The monoisotopic (exact) mass is 482 g/mol. The van der Waals surface area contributed by atoms with Gasteiger partial charge in [0.25, 0.3) is 5.91 Å². The average Bonchev–Trinajstić information content (AvgIpc) is 2.78. The average molecular weight is 483 g/mol. The summed E-state index contributed by atoms with van der Waals surface area (Å²) in [6, 6.07) is 17.2. The number of hydrogen-bond acceptors (Lipinski definition) is 5. The van der Waals surface area contributed by atoms with Gasteiger partial charge in [0.15, 0.2) is 21.3 Å². The highest BCUT2D eigenvalue weighted by Gasteiger charge is 2.23. The number of amides is 1. The minimum absolute atomic E-state index is 0.0604. The molecule has 0 saturated carbocycles. The molecular weight excluding hydrogens is 452 g/mol. The second-order valence-corrected chi connectivity index (χ2v) is 10.6. The second-order valence-electron chi connectivity index (χ2n) is 8.52. The van der Waals surface area contributed by atoms with Crippen LogP contribution in [0.2, 0.25) is 0 Å². The summed E-state index contributed by atoms with van der Waals surface area (Å²) in [5, 5.41) is 2.80. The minimum atomic E-state index is -3.57. The Morgan fingerprint density at radius 1 is 1.06 bits per heavy atom. The van der Waals surface area contributed by atoms with Crippen LogP contribution in [0, 0.1) is 6.92 Å². The van der Waals surface area contributed by atoms with E-state index < -0.39 is 21.2 Å². The zero-order valence-corrected chi connectivity index (χ0v) is 20.7. The third-order valence-electron chi connectivity index (χ3n) is 5.34. The molecule has 0 unspecified atom stereocenters. The molecule has 1 amide bonds. The Morgan fingerprint density at radius 2 is 1.76 bits per heavy atom. The van der Waals surface area contributed by atoms with Gasteiger partial charge in [-0.25, -0.2) is 8.42 Å². The van der Waals surface area contributed by atoms with Crippen molar-refractivity contribution < 1.29 is 17.9 Å². The van der Waals surface area contributed by atoms with E-state index in [0.29, 0.717) is 5.69 Å². The summed E-state index contributed by atoms with van der Waals surface area (Å²) in [4.78, 5) is 26.2. The first-order chi connectivity index (χ1) is 16.1. The van der Waals surface area contributed by atoms with Crippen molar-refractivity contribution in [3.05, 3.63) is 93.4 Å². The molecule has 0 atom stereocenters. The Morgan fingerprint density at radius 3 is 2.41 bits per heavy atom. The fraction of sp³-hybridized carbons (Fsp3) is 0.308. The molecule has 8 heteroatoms. The Kier molecular flexibility index (Phi) is 7.94. The Hall–Kier alpha value is -3.39. The van der Waals surface area contributed by atoms with Crippen LogP contribution in [-0.4, -0.2) is 30.7 Å². The van der Waals surface area contributed by atoms with Crippen molar-refractivity contribution in [1.29, 1.82) is 0 Å². The van der Waals surface area contributed by atoms with Crippen LogP contribution in [0.1, 0.15) is 41.2 Å². The van der Waals surface area contributed by atoms with Gasteiger partial charge >= 0.3 is 0 Å². The topological polar surface area (TPSA) is 94.5 Å². The van der Waals surface area contributed by atoms with Gasteiger partial charge in [0.1, 0.15) is 6.61 Å². The first-order valence-electron chi connectivity index (χ1n) is 11.1. The summed E-state index contributed by atoms with van der Waals surface area (Å²) in [7, 11) is -1.93. The number of sulfone groups is 1. The number of rotatable bonds is 9. The summed E-state index contributed by atoms with van der Waals surface area (Å²) < 4.78 is 33.1. The lowest BCUT2D eigenvalue weighted by Gasteiger charge is -2.19. The summed E-state index contributed by atoms with van der Waals surface area (Å²) in [6.45, 7) is 5.59. The van der Waals surface area contributed by atoms with Crippen LogP contribution < -0.4 is 15.5 Å². The number of hydrogen-bond donors (Lipinski definition) is 1. The molecule has 0 bridgehead atoms. The highest BCUT2D eigenvalue weighted by atomic mass is 32.2. The number of benzene rings is 2. The largest absolute Gasteiger partial charge is 0.483 e. The number of nitrogens with zero attached hydrogens (tertiary/aromatic N) is 1. The first kappa shape index (κ1) is 25.2. The maximum Gasteiger partial charge on any atom is 0.272 e. The summed E-state index contributed by atoms with van der Waals surface area (Å²) in [5.41, 5.74) is 1.74. The lowest BCUT2D eigenvalue weighted by atomic mass is 10.2. The Balaban J connectivity index is 1.94. The molecule has 0 spiro atoms. The van der Waals surface area contributed by atoms with E-state index in [1.54, 1.807) is 29.8 Å². The Bertz CT molecular complexity index is 1330. The molecule has 1 aromatic heterocycles. The number of pyridine rings is 1. The molecule has 3 aromatic rings. The molecule has 1 heterocycles. The number of ether oxygens (including phenoxy) is 1. The van der Waals surface area contributed by atoms with E-state index in [2.05, 4.69) is 5.32 Å². The van der Waals surface area contributed by atoms with Gasteiger partial charge in [-0.3, -0.25) is 9.59 Å². The van der Waals surface area contributed by atoms with E-state index in [9.17, 15) is 18.0 Å². The van der Waals surface area contributed by atoms with Gasteiger partial charge in [0, 0.05) is 31.3 Å². The van der Waals surface area contributed by atoms with Crippen molar-refractivity contribution in [2.75, 3.05) is 5.75 Å². The SMILES string of the molecule is Cc1cccc(S(=O)(=O)CCc2cc(=O)c(OCc3ccccc3)c(C(=O)NC(C)C)n2C)c1. The third kappa shape index (κ3) is 6.14. The van der Waals surface area contributed by atoms with Gasteiger partial charge in [-0.1, -0.05) is 42.5 Å². The minimum Gasteiger partial charge on any atom is -0.483 e. The van der Waals surface area contributed by atoms with Gasteiger partial charge in [0.05, 0.1) is 10.6 Å². The fourth-order valence-corrected chi connectivity index (χ4v) is 4.95. The maximum absolute atomic E-state index is 13.0. The fourth-order valence-electron chi connectivity index (χ4n) is 3.59. The molecule has 2 aromatic carbocycles. The van der Waals surface area contributed by atoms with Crippen molar-refractivity contribution in [2.45, 2.75) is 44.7 Å². The van der Waals surface area contributed by atoms with Gasteiger partial charge < -0.3 is 14.6 Å². The number of aromatic nitrogens is 1. The smallest absolute Gasteiger partial charge is 0.272 e. The predicted octanol–water partition coefficient (Wildman–Crippen LogP) is 3.43. The van der Waals surface area contributed by atoms with Crippen molar-refractivity contribution in [3.63, 3.8) is 0 Å². The molecule has 34 heavy (non-hydrogen) atoms. The number of carbonyl (C=O) groups is 1. The molecule has 7 nitrogen and oxygen atoms in total. The van der Waals surface area contributed by atoms with Crippen LogP contribution in [0.15, 0.2) is 70.4 Å². The summed E-state index contributed by atoms with van der Waals surface area (Å²) >= 11 is 0. The van der Waals surface area contributed by atoms with Crippen molar-refractivity contribution >= 4 is 15.7 Å². The maximum atomic E-state index is 13.0. The van der Waals surface area contributed by atoms with Crippen LogP contribution in [0.5, 0.6) is 5.75 Å². The molecule has 0 saturated heterocycles. The van der Waals surface area contributed by atoms with Crippen LogP contribution >= 0.6 is 0 Å². The molecule has 0 aliphatic heterocycles. The van der Waals surface area contributed by atoms with E-state index in [4.69, 9.17) is 4.74 Å². The summed E-state index contributed by atoms with van der Waals surface area (Å²) in [6.07, 6.45) is 0.0724. The molecule has 0 aliphatic rings. The van der Waals surface area contributed by atoms with E-state index in [-0.39, 0.29) is 41.2 Å². The molecule has 3 rings (SSSR count). The lowest BCUT2D eigenvalue weighted by molar-refractivity contribution is 0.0927. The molecule has 0 aliphatic carbocycles. The zero-order valence-electron chi connectivity index (χ0n) is 19.9. The van der Waals surface area contributed by atoms with Gasteiger partial charge in [-0.2, -0.15) is 0 Å². The lowest BCUT2D eigenvalue weighted by Crippen LogP contribution is -2.34. The van der Waals surface area contributed by atoms with Crippen LogP contribution in [-0.2, 0) is 29.9 Å². The highest BCUT2D eigenvalue weighted by molar-refractivity contribution is 7.91. The quantitative estimate of drug-likeness (QED) is 0.504. The number of nitrogens with one attached hydrogen (secondary N) is 1. The van der Waals surface area contributed by atoms with Gasteiger partial charge in [-0.15, -0.1) is 0 Å². The van der Waals surface area contributed by atoms with Crippen LogP contribution in [0.4, 0.5) is 0 Å². The van der Waals surface area contributed by atoms with E-state index in [0.717, 1.165) is 11.1 Å². The predicted molar refractivity (Wildman–Crippen MR) is 132 cm³/mol. The number of carbonyl (C=O) groups excluding carboxylic acids is 1. The molecule has 180 valence electrons. The van der Waals surface area contributed by atoms with E-state index in [1.165, 1.54) is 6.07 Å². The third-order valence-corrected chi connectivity index (χ3v) is 7.05. The van der Waals surface area contributed by atoms with Crippen molar-refractivity contribution in [3.8, 4) is 5.75 Å². The normalized spacial score (nSPS) is 11.4. The first-order valence-corrected chi connectivity index (χ1v) is 12.7. The Labute approximate surface area is 200 Å². The van der Waals surface area contributed by atoms with Crippen LogP contribution in [0.25, 0.3) is 0 Å². The molecule has 0 fully saturated rings. The van der Waals surface area contributed by atoms with Crippen LogP contribution in [0.3, 0.4) is 0 Å². The van der Waals surface area contributed by atoms with Gasteiger partial charge in [-0.05, 0) is 44.0 Å². The van der Waals surface area contributed by atoms with E-state index >= 15 is 0 Å². The van der Waals surface area contributed by atoms with E-state index in [1.807, 2.05) is 57.2 Å². The summed E-state index contributed by atoms with van der Waals surface area (Å²) in [5.74, 6) is -0.713. The van der Waals surface area contributed by atoms with Crippen molar-refractivity contribution in [1.82, 2.24) is 9.88 Å².